The van der Waals surface area contributed by atoms with Crippen LogP contribution in [0.2, 0.25) is 0 Å². The van der Waals surface area contributed by atoms with Gasteiger partial charge in [0.25, 0.3) is 0 Å². The summed E-state index contributed by atoms with van der Waals surface area (Å²) >= 11 is 0. The van der Waals surface area contributed by atoms with Gasteiger partial charge in [0, 0.05) is 12.5 Å². The third-order valence-corrected chi connectivity index (χ3v) is 9.42. The molecule has 1 aromatic rings. The number of ether oxygens (including phenoxy) is 4. The topological polar surface area (TPSA) is 149 Å². The van der Waals surface area contributed by atoms with E-state index in [9.17, 15) is 24.3 Å². The predicted molar refractivity (Wildman–Crippen MR) is 154 cm³/mol. The normalized spacial score (nSPS) is 28.3. The van der Waals surface area contributed by atoms with Crippen molar-refractivity contribution in [1.29, 1.82) is 0 Å². The van der Waals surface area contributed by atoms with Crippen LogP contribution in [-0.4, -0.2) is 65.9 Å². The van der Waals surface area contributed by atoms with E-state index in [0.717, 1.165) is 30.4 Å². The maximum absolute atomic E-state index is 13.2. The van der Waals surface area contributed by atoms with E-state index in [1.165, 1.54) is 20.8 Å². The molecule has 11 heteroatoms. The SMILES string of the molecule is COc1ccc2c3c1O[C@@H]1C(OC(=O)[C@H](C)OC(=O)[C@H](C)NC(=O)[C@H](CC(C)C)NC(C)=O)=CC[C@]4(O)[C@@H](CCC[C@@]314)C2. The number of hydrogen-bond acceptors (Lipinski definition) is 9. The number of esters is 2. The standard InChI is InChI=1S/C32H42N2O9/c1-16(2)14-22(34-19(5)35)28(36)33-17(3)29(37)41-18(4)30(38)42-24-11-13-32(39)21-8-7-12-31(32)25-20(15-21)9-10-23(40-6)26(25)43-27(24)31/h9-11,16-18,21-22,27,39H,7-8,12-15H2,1-6H3,(H,33,36)(H,34,35)/t17-,18-,21-,22-,27+,31+,32-/m0/s1. The van der Waals surface area contributed by atoms with Gasteiger partial charge in [0.15, 0.2) is 23.7 Å². The van der Waals surface area contributed by atoms with E-state index >= 15 is 0 Å². The van der Waals surface area contributed by atoms with Crippen molar-refractivity contribution in [3.8, 4) is 11.5 Å². The van der Waals surface area contributed by atoms with Crippen molar-refractivity contribution in [3.63, 3.8) is 0 Å². The van der Waals surface area contributed by atoms with Gasteiger partial charge in [-0.25, -0.2) is 9.59 Å². The summed E-state index contributed by atoms with van der Waals surface area (Å²) in [5.74, 6) is -0.910. The fourth-order valence-corrected chi connectivity index (χ4v) is 7.53. The molecule has 1 aliphatic heterocycles. The van der Waals surface area contributed by atoms with E-state index in [4.69, 9.17) is 18.9 Å². The molecular weight excluding hydrogens is 556 g/mol. The van der Waals surface area contributed by atoms with E-state index < -0.39 is 53.2 Å². The van der Waals surface area contributed by atoms with E-state index in [-0.39, 0.29) is 23.5 Å². The smallest absolute Gasteiger partial charge is 0.352 e. The van der Waals surface area contributed by atoms with E-state index in [0.29, 0.717) is 30.8 Å². The monoisotopic (exact) mass is 598 g/mol. The van der Waals surface area contributed by atoms with Crippen molar-refractivity contribution in [1.82, 2.24) is 10.6 Å². The second kappa shape index (κ2) is 11.5. The Balaban J connectivity index is 1.28. The Morgan fingerprint density at radius 3 is 2.53 bits per heavy atom. The average molecular weight is 599 g/mol. The Labute approximate surface area is 251 Å². The van der Waals surface area contributed by atoms with Crippen LogP contribution < -0.4 is 20.1 Å². The van der Waals surface area contributed by atoms with Crippen LogP contribution in [0.5, 0.6) is 11.5 Å². The molecule has 2 amide bonds. The largest absolute Gasteiger partial charge is 0.493 e. The lowest BCUT2D eigenvalue weighted by molar-refractivity contribution is -0.172. The molecule has 2 bridgehead atoms. The number of methoxy groups -OCH3 is 1. The summed E-state index contributed by atoms with van der Waals surface area (Å²) in [5, 5.41) is 17.3. The van der Waals surface area contributed by atoms with Crippen LogP contribution >= 0.6 is 0 Å². The van der Waals surface area contributed by atoms with Crippen molar-refractivity contribution in [2.75, 3.05) is 7.11 Å². The van der Waals surface area contributed by atoms with Gasteiger partial charge < -0.3 is 34.7 Å². The molecular formula is C32H42N2O9. The number of aliphatic hydroxyl groups is 1. The molecule has 1 heterocycles. The van der Waals surface area contributed by atoms with E-state index in [2.05, 4.69) is 10.6 Å². The maximum Gasteiger partial charge on any atom is 0.352 e. The highest BCUT2D eigenvalue weighted by Crippen LogP contribution is 2.67. The first-order valence-electron chi connectivity index (χ1n) is 15.1. The minimum atomic E-state index is -1.28. The van der Waals surface area contributed by atoms with E-state index in [1.54, 1.807) is 13.2 Å². The van der Waals surface area contributed by atoms with Gasteiger partial charge in [-0.15, -0.1) is 0 Å². The lowest BCUT2D eigenvalue weighted by Gasteiger charge is -2.59. The first kappa shape index (κ1) is 30.8. The Kier molecular flexibility index (Phi) is 8.24. The molecule has 11 nitrogen and oxygen atoms in total. The molecule has 3 aliphatic carbocycles. The van der Waals surface area contributed by atoms with Crippen molar-refractivity contribution in [2.24, 2.45) is 11.8 Å². The zero-order valence-electron chi connectivity index (χ0n) is 25.7. The minimum absolute atomic E-state index is 0.0510. The molecule has 0 saturated heterocycles. The highest BCUT2D eigenvalue weighted by molar-refractivity contribution is 5.90. The van der Waals surface area contributed by atoms with Crippen molar-refractivity contribution < 1.29 is 43.2 Å². The van der Waals surface area contributed by atoms with Gasteiger partial charge in [-0.3, -0.25) is 9.59 Å². The molecule has 0 unspecified atom stereocenters. The second-order valence-corrected chi connectivity index (χ2v) is 12.7. The number of carbonyl (C=O) groups excluding carboxylic acids is 4. The van der Waals surface area contributed by atoms with Crippen LogP contribution in [0.15, 0.2) is 24.0 Å². The predicted octanol–water partition coefficient (Wildman–Crippen LogP) is 2.60. The maximum atomic E-state index is 13.2. The summed E-state index contributed by atoms with van der Waals surface area (Å²) in [6.45, 7) is 7.99. The summed E-state index contributed by atoms with van der Waals surface area (Å²) in [6.07, 6.45) is 3.61. The fraction of sp³-hybridized carbons (Fsp3) is 0.625. The summed E-state index contributed by atoms with van der Waals surface area (Å²) < 4.78 is 23.3. The molecule has 5 rings (SSSR count). The third-order valence-electron chi connectivity index (χ3n) is 9.42. The lowest BCUT2D eigenvalue weighted by Crippen LogP contribution is -2.67. The summed E-state index contributed by atoms with van der Waals surface area (Å²) in [6, 6.07) is 2.03. The number of benzene rings is 1. The number of hydrogen-bond donors (Lipinski definition) is 3. The van der Waals surface area contributed by atoms with Gasteiger partial charge in [0.05, 0.1) is 18.1 Å². The van der Waals surface area contributed by atoms with Gasteiger partial charge in [-0.1, -0.05) is 26.3 Å². The fourth-order valence-electron chi connectivity index (χ4n) is 7.53. The van der Waals surface area contributed by atoms with Crippen molar-refractivity contribution >= 4 is 23.8 Å². The van der Waals surface area contributed by atoms with Crippen molar-refractivity contribution in [2.45, 2.75) is 108 Å². The summed E-state index contributed by atoms with van der Waals surface area (Å²) in [7, 11) is 1.57. The zero-order chi connectivity index (χ0) is 31.3. The number of nitrogens with one attached hydrogen (secondary N) is 2. The Hall–Kier alpha value is -3.60. The third kappa shape index (κ3) is 5.15. The summed E-state index contributed by atoms with van der Waals surface area (Å²) in [4.78, 5) is 50.3. The highest BCUT2D eigenvalue weighted by Gasteiger charge is 2.71. The molecule has 1 fully saturated rings. The number of carbonyl (C=O) groups is 4. The molecule has 43 heavy (non-hydrogen) atoms. The molecule has 3 N–H and O–H groups in total. The van der Waals surface area contributed by atoms with Crippen LogP contribution in [0.25, 0.3) is 0 Å². The number of rotatable bonds is 10. The quantitative estimate of drug-likeness (QED) is 0.346. The van der Waals surface area contributed by atoms with Gasteiger partial charge in [0.1, 0.15) is 17.8 Å². The van der Waals surface area contributed by atoms with Crippen molar-refractivity contribution in [3.05, 3.63) is 35.1 Å². The van der Waals surface area contributed by atoms with Crippen LogP contribution in [0, 0.1) is 11.8 Å². The average Bonchev–Trinajstić information content (AvgIpc) is 3.28. The first-order chi connectivity index (χ1) is 20.3. The molecule has 234 valence electrons. The zero-order valence-corrected chi connectivity index (χ0v) is 25.7. The second-order valence-electron chi connectivity index (χ2n) is 12.7. The molecule has 1 spiro atoms. The molecule has 1 saturated carbocycles. The Bertz CT molecular complexity index is 1360. The number of amides is 2. The van der Waals surface area contributed by atoms with Crippen LogP contribution in [0.1, 0.15) is 77.8 Å². The summed E-state index contributed by atoms with van der Waals surface area (Å²) in [5.41, 5.74) is 0.229. The van der Waals surface area contributed by atoms with Gasteiger partial charge >= 0.3 is 11.9 Å². The lowest BCUT2D eigenvalue weighted by atomic mass is 9.47. The Morgan fingerprint density at radius 2 is 1.86 bits per heavy atom. The van der Waals surface area contributed by atoms with Gasteiger partial charge in [0.2, 0.25) is 11.8 Å². The van der Waals surface area contributed by atoms with Gasteiger partial charge in [-0.05, 0) is 75.5 Å². The van der Waals surface area contributed by atoms with Crippen LogP contribution in [0.4, 0.5) is 0 Å². The molecule has 1 aromatic carbocycles. The molecule has 7 atom stereocenters. The van der Waals surface area contributed by atoms with E-state index in [1.807, 2.05) is 26.0 Å². The van der Waals surface area contributed by atoms with Crippen LogP contribution in [0.3, 0.4) is 0 Å². The molecule has 0 radical (unpaired) electrons. The minimum Gasteiger partial charge on any atom is -0.493 e. The first-order valence-corrected chi connectivity index (χ1v) is 15.1. The Morgan fingerprint density at radius 1 is 1.12 bits per heavy atom. The van der Waals surface area contributed by atoms with Crippen LogP contribution in [-0.2, 0) is 40.5 Å². The van der Waals surface area contributed by atoms with Gasteiger partial charge in [-0.2, -0.15) is 0 Å². The molecule has 0 aromatic heterocycles. The highest BCUT2D eigenvalue weighted by atomic mass is 16.6. The molecule has 4 aliphatic rings.